The third kappa shape index (κ3) is 40.8. The van der Waals surface area contributed by atoms with Crippen molar-refractivity contribution < 1.29 is 19.1 Å². The van der Waals surface area contributed by atoms with Crippen LogP contribution in [0.3, 0.4) is 0 Å². The van der Waals surface area contributed by atoms with Crippen LogP contribution in [-0.2, 0) is 19.1 Å². The maximum absolute atomic E-state index is 10.9. The summed E-state index contributed by atoms with van der Waals surface area (Å²) in [6.45, 7) is 5.59. The highest BCUT2D eigenvalue weighted by Crippen LogP contribution is 2.01. The summed E-state index contributed by atoms with van der Waals surface area (Å²) in [6, 6.07) is 0. The lowest BCUT2D eigenvalue weighted by atomic mass is 10.2. The quantitative estimate of drug-likeness (QED) is 0.219. The zero-order valence-corrected chi connectivity index (χ0v) is 13.9. The molecule has 0 aromatic heterocycles. The molecule has 0 unspecified atom stereocenters. The van der Waals surface area contributed by atoms with Crippen LogP contribution < -0.4 is 10.6 Å². The van der Waals surface area contributed by atoms with Gasteiger partial charge in [-0.2, -0.15) is 0 Å². The van der Waals surface area contributed by atoms with Gasteiger partial charge in [0.15, 0.2) is 0 Å². The number of esters is 2. The molecule has 0 aromatic rings. The Morgan fingerprint density at radius 3 is 1.17 bits per heavy atom. The van der Waals surface area contributed by atoms with Crippen molar-refractivity contribution in [2.45, 2.75) is 111 Å². The first-order valence-corrected chi connectivity index (χ1v) is 7.90. The molecule has 0 heterocycles. The van der Waals surface area contributed by atoms with Crippen molar-refractivity contribution in [1.29, 1.82) is 0 Å². The second-order valence-electron chi connectivity index (χ2n) is 5.11. The van der Waals surface area contributed by atoms with Gasteiger partial charge in [-0.15, -0.1) is 0 Å². The maximum atomic E-state index is 10.9. The van der Waals surface area contributed by atoms with Crippen LogP contribution in [-0.4, -0.2) is 39.2 Å². The van der Waals surface area contributed by atoms with Gasteiger partial charge in [-0.05, 0) is 25.7 Å². The molecule has 0 saturated carbocycles. The number of hydrogen-bond donors (Lipinski definition) is 2. The molecule has 0 saturated heterocycles. The molecule has 6 nitrogen and oxygen atoms in total. The lowest BCUT2D eigenvalue weighted by Crippen LogP contribution is -2.27. The van der Waals surface area contributed by atoms with E-state index < -0.39 is 0 Å². The smallest absolute Gasteiger partial charge is 0.305 e. The van der Waals surface area contributed by atoms with Gasteiger partial charge in [0.25, 0.3) is 0 Å². The highest BCUT2D eigenvalue weighted by atomic mass is 16.5. The van der Waals surface area contributed by atoms with Crippen LogP contribution in [0, 0.1) is 0 Å². The molecular formula is C24H62N2O4. The molecule has 0 radical (unpaired) electrons. The maximum Gasteiger partial charge on any atom is 0.305 e. The number of unbranched alkanes of at least 4 members (excludes halogenated alkanes) is 4. The van der Waals surface area contributed by atoms with Gasteiger partial charge in [-0.1, -0.05) is 78.8 Å². The minimum atomic E-state index is -0.147. The normalized spacial score (nSPS) is 7.27. The van der Waals surface area contributed by atoms with E-state index >= 15 is 0 Å². The van der Waals surface area contributed by atoms with Crippen LogP contribution in [0.4, 0.5) is 0 Å². The summed E-state index contributed by atoms with van der Waals surface area (Å²) in [5.74, 6) is 0.526. The molecule has 0 fully saturated rings. The average Bonchev–Trinajstić information content (AvgIpc) is 2.53. The molecule has 2 N–H and O–H groups in total. The summed E-state index contributed by atoms with van der Waals surface area (Å²) in [4.78, 5) is 21.8. The van der Waals surface area contributed by atoms with Crippen molar-refractivity contribution in [1.82, 2.24) is 10.6 Å². The first-order chi connectivity index (χ1) is 10.6. The van der Waals surface area contributed by atoms with Crippen molar-refractivity contribution in [3.8, 4) is 0 Å². The molecule has 192 valence electrons. The van der Waals surface area contributed by atoms with E-state index in [4.69, 9.17) is 0 Å². The van der Waals surface area contributed by atoms with E-state index in [9.17, 15) is 9.59 Å². The van der Waals surface area contributed by atoms with E-state index in [2.05, 4.69) is 26.7 Å². The molecule has 30 heavy (non-hydrogen) atoms. The van der Waals surface area contributed by atoms with Gasteiger partial charge in [0.05, 0.1) is 20.0 Å². The molecule has 0 aliphatic rings. The Morgan fingerprint density at radius 2 is 0.900 bits per heavy atom. The van der Waals surface area contributed by atoms with Gasteiger partial charge in [0, 0.05) is 25.9 Å². The van der Waals surface area contributed by atoms with Gasteiger partial charge >= 0.3 is 11.9 Å². The van der Waals surface area contributed by atoms with Crippen LogP contribution >= 0.6 is 0 Å². The first kappa shape index (κ1) is 56.6. The van der Waals surface area contributed by atoms with Gasteiger partial charge in [-0.3, -0.25) is 9.59 Å². The Labute approximate surface area is 192 Å². The fourth-order valence-corrected chi connectivity index (χ4v) is 1.89. The Kier molecular flexibility index (Phi) is 78.5. The largest absolute Gasteiger partial charge is 0.469 e. The van der Waals surface area contributed by atoms with E-state index in [1.54, 1.807) is 0 Å². The van der Waals surface area contributed by atoms with Crippen LogP contribution in [0.5, 0.6) is 0 Å². The molecule has 0 aliphatic heterocycles. The van der Waals surface area contributed by atoms with E-state index in [1.807, 2.05) is 0 Å². The number of rotatable bonds is 14. The second-order valence-corrected chi connectivity index (χ2v) is 5.11. The molecule has 0 aliphatic carbocycles. The third-order valence-corrected chi connectivity index (χ3v) is 3.25. The molecule has 0 spiro atoms. The summed E-state index contributed by atoms with van der Waals surface area (Å²) < 4.78 is 9.16. The Balaban J connectivity index is -0.0000000787. The Morgan fingerprint density at radius 1 is 0.600 bits per heavy atom. The predicted octanol–water partition coefficient (Wildman–Crippen LogP) is 7.19. The molecule has 0 bridgehead atoms. The fourth-order valence-electron chi connectivity index (χ4n) is 1.89. The minimum absolute atomic E-state index is 0. The van der Waals surface area contributed by atoms with Crippen molar-refractivity contribution >= 4 is 11.9 Å². The van der Waals surface area contributed by atoms with E-state index in [-0.39, 0.29) is 71.4 Å². The average molecular weight is 443 g/mol. The van der Waals surface area contributed by atoms with Crippen LogP contribution in [0.1, 0.15) is 111 Å². The first-order valence-electron chi connectivity index (χ1n) is 7.90. The number of carbonyl (C=O) groups is 2. The number of methoxy groups -OCH3 is 2. The Hall–Kier alpha value is -1.72. The Bertz CT molecular complexity index is 305. The molecule has 0 aromatic carbocycles. The number of ether oxygens (including phenoxy) is 2. The molecule has 0 atom stereocenters. The van der Waals surface area contributed by atoms with Gasteiger partial charge in [-0.25, -0.2) is 0 Å². The van der Waals surface area contributed by atoms with Crippen molar-refractivity contribution in [3.05, 3.63) is 12.4 Å². The SMILES string of the molecule is C.C.C.C.C.C.C.C.C=C(NCCCCCC(=O)OC)NCCCCCC(=O)OC. The fraction of sp³-hybridized carbons (Fsp3) is 0.833. The highest BCUT2D eigenvalue weighted by molar-refractivity contribution is 5.69. The topological polar surface area (TPSA) is 76.7 Å². The highest BCUT2D eigenvalue weighted by Gasteiger charge is 2.00. The lowest BCUT2D eigenvalue weighted by molar-refractivity contribution is -0.141. The number of nitrogens with one attached hydrogen (secondary N) is 2. The van der Waals surface area contributed by atoms with Crippen molar-refractivity contribution in [2.24, 2.45) is 0 Å². The summed E-state index contributed by atoms with van der Waals surface area (Å²) in [5.41, 5.74) is 0. The third-order valence-electron chi connectivity index (χ3n) is 3.25. The standard InChI is InChI=1S/C16H30N2O4.8CH4/c1-14(17-12-8-4-6-10-15(19)21-2)18-13-9-5-7-11-16(20)22-3;;;;;;;;/h17-18H,1,4-13H2,2-3H3;8*1H4. The zero-order valence-electron chi connectivity index (χ0n) is 13.9. The lowest BCUT2D eigenvalue weighted by Gasteiger charge is -2.11. The summed E-state index contributed by atoms with van der Waals surface area (Å²) >= 11 is 0. The number of hydrogen-bond acceptors (Lipinski definition) is 6. The van der Waals surface area contributed by atoms with Crippen LogP contribution in [0.2, 0.25) is 0 Å². The molecule has 6 heteroatoms. The van der Waals surface area contributed by atoms with Gasteiger partial charge in [0.1, 0.15) is 0 Å². The minimum Gasteiger partial charge on any atom is -0.469 e. The van der Waals surface area contributed by atoms with Gasteiger partial charge in [0.2, 0.25) is 0 Å². The van der Waals surface area contributed by atoms with E-state index in [1.165, 1.54) is 14.2 Å². The van der Waals surface area contributed by atoms with Crippen molar-refractivity contribution in [3.63, 3.8) is 0 Å². The summed E-state index contributed by atoms with van der Waals surface area (Å²) in [5, 5.41) is 6.41. The second kappa shape index (κ2) is 41.6. The zero-order chi connectivity index (χ0) is 16.6. The van der Waals surface area contributed by atoms with E-state index in [0.29, 0.717) is 12.8 Å². The summed E-state index contributed by atoms with van der Waals surface area (Å²) in [6.07, 6.45) is 6.66. The van der Waals surface area contributed by atoms with E-state index in [0.717, 1.165) is 57.4 Å². The van der Waals surface area contributed by atoms with Gasteiger partial charge < -0.3 is 20.1 Å². The number of carbonyl (C=O) groups excluding carboxylic acids is 2. The van der Waals surface area contributed by atoms with Crippen LogP contribution in [0.15, 0.2) is 12.4 Å². The molecule has 0 rings (SSSR count). The monoisotopic (exact) mass is 442 g/mol. The predicted molar refractivity (Wildman–Crippen MR) is 140 cm³/mol. The van der Waals surface area contributed by atoms with Crippen LogP contribution in [0.25, 0.3) is 0 Å². The molecule has 0 amide bonds. The molecular weight excluding hydrogens is 380 g/mol. The van der Waals surface area contributed by atoms with Crippen molar-refractivity contribution in [2.75, 3.05) is 27.3 Å². The summed E-state index contributed by atoms with van der Waals surface area (Å²) in [7, 11) is 2.82.